The smallest absolute Gasteiger partial charge is 0.291 e. The number of rotatable bonds is 15. The first-order chi connectivity index (χ1) is 29.2. The minimum absolute atomic E-state index is 0.109. The summed E-state index contributed by atoms with van der Waals surface area (Å²) in [5.41, 5.74) is 8.38. The summed E-state index contributed by atoms with van der Waals surface area (Å²) in [5.74, 6) is -2.77. The van der Waals surface area contributed by atoms with Gasteiger partial charge in [0.2, 0.25) is 15.9 Å². The van der Waals surface area contributed by atoms with Gasteiger partial charge in [0.25, 0.3) is 11.8 Å². The molecule has 3 heterocycles. The maximum Gasteiger partial charge on any atom is 0.291 e. The second kappa shape index (κ2) is 17.6. The maximum atomic E-state index is 14.0. The van der Waals surface area contributed by atoms with Crippen LogP contribution in [-0.2, 0) is 36.6 Å². The number of aromatic nitrogens is 3. The molecule has 4 N–H and O–H groups in total. The predicted octanol–water partition coefficient (Wildman–Crippen LogP) is 5.18. The van der Waals surface area contributed by atoms with Gasteiger partial charge in [0.1, 0.15) is 16.2 Å². The number of sulfonamides is 1. The Bertz CT molecular complexity index is 2980. The molecule has 16 nitrogen and oxygen atoms in total. The Kier molecular flexibility index (Phi) is 12.1. The van der Waals surface area contributed by atoms with Crippen molar-refractivity contribution in [3.63, 3.8) is 0 Å². The monoisotopic (exact) mass is 842 g/mol. The molecule has 0 aliphatic rings. The first-order valence-electron chi connectivity index (χ1n) is 19.0. The van der Waals surface area contributed by atoms with Gasteiger partial charge >= 0.3 is 0 Å². The third-order valence-electron chi connectivity index (χ3n) is 10.1. The highest BCUT2D eigenvalue weighted by Gasteiger charge is 2.32. The van der Waals surface area contributed by atoms with E-state index in [0.29, 0.717) is 37.5 Å². The van der Waals surface area contributed by atoms with E-state index in [1.165, 1.54) is 32.3 Å². The zero-order valence-corrected chi connectivity index (χ0v) is 34.5. The van der Waals surface area contributed by atoms with E-state index in [-0.39, 0.29) is 16.5 Å². The number of nitrogens with two attached hydrogens (primary N) is 1. The third-order valence-corrected chi connectivity index (χ3v) is 12.0. The Morgan fingerprint density at radius 3 is 2.30 bits per heavy atom. The largest absolute Gasteiger partial charge is 0.495 e. The number of nitrogens with one attached hydrogen (secondary N) is 2. The van der Waals surface area contributed by atoms with Crippen molar-refractivity contribution in [1.82, 2.24) is 24.0 Å². The van der Waals surface area contributed by atoms with Crippen LogP contribution in [0, 0.1) is 0 Å². The van der Waals surface area contributed by atoms with Crippen LogP contribution < -0.4 is 26.5 Å². The van der Waals surface area contributed by atoms with Crippen LogP contribution in [0.5, 0.6) is 5.75 Å². The van der Waals surface area contributed by atoms with Crippen molar-refractivity contribution in [2.75, 3.05) is 38.4 Å². The second-order valence-corrected chi connectivity index (χ2v) is 16.5. The molecule has 0 radical (unpaired) electrons. The third kappa shape index (κ3) is 9.18. The number of carbonyl (C=O) groups is 3. The van der Waals surface area contributed by atoms with Crippen molar-refractivity contribution in [2.45, 2.75) is 24.4 Å². The molecule has 0 atom stereocenters. The number of benzene rings is 4. The van der Waals surface area contributed by atoms with Crippen LogP contribution in [0.25, 0.3) is 21.9 Å². The van der Waals surface area contributed by atoms with Gasteiger partial charge in [-0.15, -0.1) is 0 Å². The Balaban J connectivity index is 1.14. The first kappa shape index (κ1) is 41.9. The molecule has 0 fully saturated rings. The summed E-state index contributed by atoms with van der Waals surface area (Å²) >= 11 is 0. The minimum Gasteiger partial charge on any atom is -0.495 e. The zero-order chi connectivity index (χ0) is 43.4. The minimum atomic E-state index is -4.53. The fourth-order valence-corrected chi connectivity index (χ4v) is 8.11. The number of methoxy groups -OCH3 is 1. The Labute approximate surface area is 350 Å². The van der Waals surface area contributed by atoms with Crippen LogP contribution in [0.3, 0.4) is 0 Å². The molecule has 17 heteroatoms. The van der Waals surface area contributed by atoms with E-state index in [0.717, 1.165) is 44.0 Å². The zero-order valence-electron chi connectivity index (χ0n) is 33.7. The van der Waals surface area contributed by atoms with E-state index in [4.69, 9.17) is 14.9 Å². The van der Waals surface area contributed by atoms with Gasteiger partial charge in [-0.3, -0.25) is 33.7 Å². The van der Waals surface area contributed by atoms with E-state index >= 15 is 0 Å². The quantitative estimate of drug-likeness (QED) is 0.122. The number of aryl methyl sites for hydroxylation is 1. The van der Waals surface area contributed by atoms with Crippen molar-refractivity contribution in [2.24, 2.45) is 12.8 Å². The lowest BCUT2D eigenvalue weighted by Gasteiger charge is -2.23. The van der Waals surface area contributed by atoms with Crippen molar-refractivity contribution >= 4 is 61.0 Å². The molecule has 0 bridgehead atoms. The number of carbonyl (C=O) groups excluding carboxylic acids is 3. The number of hydrogen-bond acceptors (Lipinski definition) is 11. The number of pyridine rings is 1. The Hall–Kier alpha value is -7.21. The molecular weight excluding hydrogens is 801 g/mol. The number of primary amides is 1. The molecule has 4 aromatic carbocycles. The number of amides is 3. The van der Waals surface area contributed by atoms with Crippen molar-refractivity contribution in [1.29, 1.82) is 0 Å². The SMILES string of the molecule is COc1cncc(CN(CCc2ccc(NC(=O)c3ccc(C(N)=O)c(S(=O)(=O)N(C)C)c3NC(=O)c3cc(=O)c4ccccc4o3)cc2)Cc2ccc3c(cnn3C)c2)c1. The van der Waals surface area contributed by atoms with E-state index in [1.807, 2.05) is 42.3 Å². The molecule has 7 aromatic rings. The molecule has 3 amide bonds. The lowest BCUT2D eigenvalue weighted by atomic mass is 10.1. The van der Waals surface area contributed by atoms with Gasteiger partial charge in [-0.2, -0.15) is 5.10 Å². The van der Waals surface area contributed by atoms with Gasteiger partial charge in [-0.05, 0) is 77.7 Å². The van der Waals surface area contributed by atoms with Gasteiger partial charge in [0.15, 0.2) is 11.2 Å². The molecule has 312 valence electrons. The summed E-state index contributed by atoms with van der Waals surface area (Å²) < 4.78 is 41.2. The standard InChI is InChI=1S/C44H42N8O8S/c1-50(2)61(57,58)41-35(42(45)54)15-14-34(40(41)49-44(56)39-21-37(53)33-7-5-6-8-38(33)60-39)43(55)48-31-12-9-27(10-13-31)17-18-52(26-29-20-32(59-4)24-46-22-29)25-28-11-16-36-30(19-28)23-47-51(36)3/h5-16,19-24H,17-18,25-26H2,1-4H3,(H2,45,54)(H,48,55)(H,49,56). The molecule has 7 rings (SSSR count). The highest BCUT2D eigenvalue weighted by Crippen LogP contribution is 2.33. The van der Waals surface area contributed by atoms with Crippen LogP contribution in [0.1, 0.15) is 48.0 Å². The lowest BCUT2D eigenvalue weighted by molar-refractivity contribution is 0.0984. The topological polar surface area (TPSA) is 212 Å². The van der Waals surface area contributed by atoms with Crippen molar-refractivity contribution in [3.8, 4) is 5.75 Å². The fourth-order valence-electron chi connectivity index (χ4n) is 6.88. The first-order valence-corrected chi connectivity index (χ1v) is 20.4. The fraction of sp³-hybridized carbons (Fsp3) is 0.182. The van der Waals surface area contributed by atoms with Gasteiger partial charge in [0, 0.05) is 64.1 Å². The number of anilines is 2. The van der Waals surface area contributed by atoms with Crippen molar-refractivity contribution in [3.05, 3.63) is 153 Å². The van der Waals surface area contributed by atoms with Gasteiger partial charge in [0.05, 0.1) is 47.2 Å². The molecule has 0 unspecified atom stereocenters. The average molecular weight is 843 g/mol. The Morgan fingerprint density at radius 2 is 1.56 bits per heavy atom. The molecule has 0 saturated carbocycles. The van der Waals surface area contributed by atoms with E-state index in [2.05, 4.69) is 43.8 Å². The number of ether oxygens (including phenoxy) is 1. The van der Waals surface area contributed by atoms with Crippen LogP contribution in [0.15, 0.2) is 124 Å². The molecular formula is C44H42N8O8S. The summed E-state index contributed by atoms with van der Waals surface area (Å²) in [6.45, 7) is 1.93. The number of hydrogen-bond donors (Lipinski definition) is 3. The van der Waals surface area contributed by atoms with E-state index in [9.17, 15) is 27.6 Å². The van der Waals surface area contributed by atoms with Crippen molar-refractivity contribution < 1.29 is 32.0 Å². The van der Waals surface area contributed by atoms with E-state index in [1.54, 1.807) is 37.6 Å². The number of para-hydroxylation sites is 1. The van der Waals surface area contributed by atoms with Crippen LogP contribution in [-0.4, -0.2) is 77.9 Å². The highest BCUT2D eigenvalue weighted by atomic mass is 32.2. The maximum absolute atomic E-state index is 14.0. The molecule has 0 saturated heterocycles. The normalized spacial score (nSPS) is 11.6. The van der Waals surface area contributed by atoms with Crippen LogP contribution in [0.4, 0.5) is 11.4 Å². The predicted molar refractivity (Wildman–Crippen MR) is 230 cm³/mol. The van der Waals surface area contributed by atoms with Crippen LogP contribution in [0.2, 0.25) is 0 Å². The lowest BCUT2D eigenvalue weighted by Crippen LogP contribution is -2.29. The average Bonchev–Trinajstić information content (AvgIpc) is 3.62. The summed E-state index contributed by atoms with van der Waals surface area (Å²) in [5, 5.41) is 10.8. The highest BCUT2D eigenvalue weighted by molar-refractivity contribution is 7.89. The van der Waals surface area contributed by atoms with Gasteiger partial charge in [-0.25, -0.2) is 12.7 Å². The van der Waals surface area contributed by atoms with Gasteiger partial charge < -0.3 is 25.5 Å². The van der Waals surface area contributed by atoms with E-state index < -0.39 is 55.1 Å². The Morgan fingerprint density at radius 1 is 0.836 bits per heavy atom. The summed E-state index contributed by atoms with van der Waals surface area (Å²) in [6, 6.07) is 24.9. The number of fused-ring (bicyclic) bond motifs is 2. The molecule has 0 aliphatic carbocycles. The molecule has 3 aromatic heterocycles. The summed E-state index contributed by atoms with van der Waals surface area (Å²) in [7, 11) is 1.43. The summed E-state index contributed by atoms with van der Waals surface area (Å²) in [4.78, 5) is 59.0. The summed E-state index contributed by atoms with van der Waals surface area (Å²) in [6.07, 6.45) is 5.98. The van der Waals surface area contributed by atoms with Gasteiger partial charge in [-0.1, -0.05) is 30.3 Å². The molecule has 0 spiro atoms. The molecule has 61 heavy (non-hydrogen) atoms. The molecule has 0 aliphatic heterocycles. The van der Waals surface area contributed by atoms with Crippen LogP contribution >= 0.6 is 0 Å². The second-order valence-electron chi connectivity index (χ2n) is 14.4. The number of nitrogens with zero attached hydrogens (tertiary/aromatic N) is 5.